The number of nitrogens with zero attached hydrogens (tertiary/aromatic N) is 2. The zero-order chi connectivity index (χ0) is 15.5. The van der Waals surface area contributed by atoms with Gasteiger partial charge in [-0.15, -0.1) is 12.4 Å². The van der Waals surface area contributed by atoms with Crippen LogP contribution in [0.2, 0.25) is 0 Å². The molecule has 0 spiro atoms. The second-order valence-corrected chi connectivity index (χ2v) is 4.91. The minimum Gasteiger partial charge on any atom is -0.370 e. The minimum atomic E-state index is -0.0663. The summed E-state index contributed by atoms with van der Waals surface area (Å²) in [5, 5.41) is 10.3. The first-order valence-corrected chi connectivity index (χ1v) is 7.61. The molecule has 0 heterocycles. The Morgan fingerprint density at radius 3 is 2.50 bits per heavy atom. The van der Waals surface area contributed by atoms with Crippen LogP contribution in [0.25, 0.3) is 0 Å². The van der Waals surface area contributed by atoms with E-state index in [1.54, 1.807) is 0 Å². The molecular formula is C16H28ClN5. The molecule has 22 heavy (non-hydrogen) atoms. The highest BCUT2D eigenvalue weighted by Crippen LogP contribution is 2.01. The largest absolute Gasteiger partial charge is 0.370 e. The van der Waals surface area contributed by atoms with Crippen molar-refractivity contribution in [2.24, 2.45) is 10.7 Å². The third-order valence-corrected chi connectivity index (χ3v) is 3.21. The van der Waals surface area contributed by atoms with E-state index in [1.165, 1.54) is 5.56 Å². The molecule has 0 fully saturated rings. The smallest absolute Gasteiger partial charge is 0.200 e. The minimum absolute atomic E-state index is 0. The second-order valence-electron chi connectivity index (χ2n) is 4.91. The first-order valence-electron chi connectivity index (χ1n) is 7.61. The Balaban J connectivity index is 0.00000441. The lowest BCUT2D eigenvalue weighted by atomic mass is 10.2. The van der Waals surface area contributed by atoms with Crippen LogP contribution in [0.1, 0.15) is 32.3 Å². The number of halogens is 1. The number of unbranched alkanes of at least 4 members (excludes halogenated alkanes) is 1. The Labute approximate surface area is 139 Å². The van der Waals surface area contributed by atoms with E-state index in [9.17, 15) is 0 Å². The summed E-state index contributed by atoms with van der Waals surface area (Å²) < 4.78 is 0. The fraction of sp³-hybridized carbons (Fsp3) is 0.500. The third kappa shape index (κ3) is 7.88. The highest BCUT2D eigenvalue weighted by atomic mass is 35.5. The van der Waals surface area contributed by atoms with Crippen LogP contribution in [-0.2, 0) is 6.42 Å². The second kappa shape index (κ2) is 11.9. The van der Waals surface area contributed by atoms with Crippen molar-refractivity contribution in [2.45, 2.75) is 33.1 Å². The molecule has 6 heteroatoms. The molecule has 0 unspecified atom stereocenters. The van der Waals surface area contributed by atoms with E-state index < -0.39 is 0 Å². The molecule has 0 aliphatic rings. The first kappa shape index (κ1) is 20.2. The molecule has 1 aromatic rings. The molecule has 0 saturated carbocycles. The van der Waals surface area contributed by atoms with Crippen LogP contribution in [0.15, 0.2) is 35.3 Å². The van der Waals surface area contributed by atoms with Gasteiger partial charge in [0.15, 0.2) is 5.96 Å². The normalized spacial score (nSPS) is 10.7. The van der Waals surface area contributed by atoms with Crippen LogP contribution < -0.4 is 11.1 Å². The lowest BCUT2D eigenvalue weighted by molar-refractivity contribution is 0.417. The quantitative estimate of drug-likeness (QED) is 0.532. The van der Waals surface area contributed by atoms with Gasteiger partial charge in [0.2, 0.25) is 5.96 Å². The van der Waals surface area contributed by atoms with Gasteiger partial charge < -0.3 is 10.6 Å². The molecule has 124 valence electrons. The van der Waals surface area contributed by atoms with E-state index in [0.29, 0.717) is 12.5 Å². The maximum Gasteiger partial charge on any atom is 0.200 e. The van der Waals surface area contributed by atoms with Crippen molar-refractivity contribution in [1.29, 1.82) is 5.41 Å². The van der Waals surface area contributed by atoms with Crippen LogP contribution in [0, 0.1) is 5.41 Å². The summed E-state index contributed by atoms with van der Waals surface area (Å²) >= 11 is 0. The molecule has 0 aliphatic heterocycles. The van der Waals surface area contributed by atoms with Gasteiger partial charge in [-0.1, -0.05) is 43.7 Å². The van der Waals surface area contributed by atoms with Crippen molar-refractivity contribution in [3.8, 4) is 0 Å². The predicted molar refractivity (Wildman–Crippen MR) is 96.9 cm³/mol. The highest BCUT2D eigenvalue weighted by molar-refractivity contribution is 5.96. The van der Waals surface area contributed by atoms with E-state index in [1.807, 2.05) is 18.2 Å². The topological polar surface area (TPSA) is 77.5 Å². The van der Waals surface area contributed by atoms with Gasteiger partial charge in [0.1, 0.15) is 0 Å². The van der Waals surface area contributed by atoms with Crippen LogP contribution in [0.5, 0.6) is 0 Å². The van der Waals surface area contributed by atoms with E-state index in [0.717, 1.165) is 32.4 Å². The fourth-order valence-corrected chi connectivity index (χ4v) is 2.04. The molecule has 1 aromatic carbocycles. The van der Waals surface area contributed by atoms with Gasteiger partial charge in [-0.25, -0.2) is 0 Å². The van der Waals surface area contributed by atoms with Crippen LogP contribution in [0.4, 0.5) is 0 Å². The summed E-state index contributed by atoms with van der Waals surface area (Å²) in [6.07, 6.45) is 3.12. The molecule has 0 atom stereocenters. The lowest BCUT2D eigenvalue weighted by Crippen LogP contribution is -2.47. The Morgan fingerprint density at radius 1 is 1.27 bits per heavy atom. The predicted octanol–water partition coefficient (Wildman–Crippen LogP) is 2.61. The van der Waals surface area contributed by atoms with Gasteiger partial charge in [0.25, 0.3) is 0 Å². The summed E-state index contributed by atoms with van der Waals surface area (Å²) in [5.74, 6) is 0.637. The maximum absolute atomic E-state index is 7.43. The maximum atomic E-state index is 7.43. The average molecular weight is 326 g/mol. The summed E-state index contributed by atoms with van der Waals surface area (Å²) in [6, 6.07) is 10.3. The van der Waals surface area contributed by atoms with Crippen molar-refractivity contribution in [3.63, 3.8) is 0 Å². The molecule has 0 aliphatic carbocycles. The SMILES string of the molecule is CCCCN(CC)C(=NCCc1ccccc1)NC(=N)N.Cl. The van der Waals surface area contributed by atoms with E-state index >= 15 is 0 Å². The molecule has 0 bridgehead atoms. The molecule has 0 radical (unpaired) electrons. The standard InChI is InChI=1S/C16H27N5.ClH/c1-3-5-13-21(4-2)16(20-15(17)18)19-12-11-14-9-7-6-8-10-14;/h6-10H,3-5,11-13H2,1-2H3,(H4,17,18,19,20);1H. The number of hydrogen-bond donors (Lipinski definition) is 3. The Kier molecular flexibility index (Phi) is 10.9. The Morgan fingerprint density at radius 2 is 1.95 bits per heavy atom. The number of benzene rings is 1. The molecule has 0 aromatic heterocycles. The van der Waals surface area contributed by atoms with Crippen LogP contribution in [-0.4, -0.2) is 36.5 Å². The van der Waals surface area contributed by atoms with E-state index in [2.05, 4.69) is 41.2 Å². The number of guanidine groups is 2. The Hall–Kier alpha value is -1.75. The van der Waals surface area contributed by atoms with Crippen molar-refractivity contribution < 1.29 is 0 Å². The van der Waals surface area contributed by atoms with Gasteiger partial charge >= 0.3 is 0 Å². The monoisotopic (exact) mass is 325 g/mol. The van der Waals surface area contributed by atoms with Crippen LogP contribution in [0.3, 0.4) is 0 Å². The summed E-state index contributed by atoms with van der Waals surface area (Å²) in [5.41, 5.74) is 6.73. The van der Waals surface area contributed by atoms with Gasteiger partial charge in [0, 0.05) is 19.6 Å². The number of aliphatic imine (C=N–C) groups is 1. The van der Waals surface area contributed by atoms with E-state index in [4.69, 9.17) is 11.1 Å². The van der Waals surface area contributed by atoms with Crippen molar-refractivity contribution in [3.05, 3.63) is 35.9 Å². The molecule has 1 rings (SSSR count). The zero-order valence-corrected chi connectivity index (χ0v) is 14.3. The number of nitrogens with two attached hydrogens (primary N) is 1. The molecule has 0 amide bonds. The lowest BCUT2D eigenvalue weighted by Gasteiger charge is -2.24. The molecule has 0 saturated heterocycles. The van der Waals surface area contributed by atoms with Gasteiger partial charge in [-0.3, -0.25) is 15.7 Å². The first-order chi connectivity index (χ1) is 10.2. The average Bonchev–Trinajstić information content (AvgIpc) is 2.48. The van der Waals surface area contributed by atoms with Crippen LogP contribution >= 0.6 is 12.4 Å². The summed E-state index contributed by atoms with van der Waals surface area (Å²) in [4.78, 5) is 6.73. The van der Waals surface area contributed by atoms with Gasteiger partial charge in [-0.05, 0) is 25.3 Å². The van der Waals surface area contributed by atoms with Gasteiger partial charge in [0.05, 0.1) is 0 Å². The molecule has 4 N–H and O–H groups in total. The summed E-state index contributed by atoms with van der Waals surface area (Å²) in [7, 11) is 0. The van der Waals surface area contributed by atoms with Crippen molar-refractivity contribution in [2.75, 3.05) is 19.6 Å². The zero-order valence-electron chi connectivity index (χ0n) is 13.5. The Bertz CT molecular complexity index is 447. The molecular weight excluding hydrogens is 298 g/mol. The number of hydrogen-bond acceptors (Lipinski definition) is 2. The molecule has 5 nitrogen and oxygen atoms in total. The summed E-state index contributed by atoms with van der Waals surface area (Å²) in [6.45, 7) is 6.72. The van der Waals surface area contributed by atoms with Gasteiger partial charge in [-0.2, -0.15) is 0 Å². The van der Waals surface area contributed by atoms with Crippen molar-refractivity contribution >= 4 is 24.3 Å². The van der Waals surface area contributed by atoms with Crippen molar-refractivity contribution in [1.82, 2.24) is 10.2 Å². The fourth-order valence-electron chi connectivity index (χ4n) is 2.04. The number of nitrogens with one attached hydrogen (secondary N) is 2. The third-order valence-electron chi connectivity index (χ3n) is 3.21. The number of rotatable bonds is 7. The highest BCUT2D eigenvalue weighted by Gasteiger charge is 2.09. The van der Waals surface area contributed by atoms with E-state index in [-0.39, 0.29) is 18.4 Å².